The summed E-state index contributed by atoms with van der Waals surface area (Å²) in [5.41, 5.74) is 0.365. The highest BCUT2D eigenvalue weighted by molar-refractivity contribution is 5.94. The van der Waals surface area contributed by atoms with E-state index < -0.39 is 5.82 Å². The molecule has 3 rings (SSSR count). The fourth-order valence-corrected chi connectivity index (χ4v) is 2.57. The molecule has 2 saturated carbocycles. The number of hydrogen-bond donors (Lipinski definition) is 1. The number of ether oxygens (including phenoxy) is 1. The summed E-state index contributed by atoms with van der Waals surface area (Å²) in [5.74, 6) is 0.770. The molecule has 0 radical (unpaired) electrons. The van der Waals surface area contributed by atoms with E-state index in [2.05, 4.69) is 5.32 Å². The van der Waals surface area contributed by atoms with Crippen molar-refractivity contribution < 1.29 is 13.9 Å². The highest BCUT2D eigenvalue weighted by Gasteiger charge is 2.42. The van der Waals surface area contributed by atoms with Crippen molar-refractivity contribution in [3.05, 3.63) is 29.6 Å². The van der Waals surface area contributed by atoms with E-state index in [1.54, 1.807) is 6.07 Å². The molecule has 0 aliphatic heterocycles. The molecule has 1 aromatic carbocycles. The molecule has 3 nitrogen and oxygen atoms in total. The maximum absolute atomic E-state index is 13.6. The van der Waals surface area contributed by atoms with Gasteiger partial charge in [0.2, 0.25) is 0 Å². The Morgan fingerprint density at radius 1 is 1.32 bits per heavy atom. The lowest BCUT2D eigenvalue weighted by atomic mass is 10.1. The highest BCUT2D eigenvalue weighted by atomic mass is 19.1. The van der Waals surface area contributed by atoms with Gasteiger partial charge in [-0.05, 0) is 55.7 Å². The quantitative estimate of drug-likeness (QED) is 0.887. The molecule has 0 aromatic heterocycles. The third-order valence-corrected chi connectivity index (χ3v) is 3.97. The first-order valence-electron chi connectivity index (χ1n) is 6.83. The fraction of sp³-hybridized carbons (Fsp3) is 0.533. The van der Waals surface area contributed by atoms with Crippen LogP contribution in [-0.2, 0) is 0 Å². The van der Waals surface area contributed by atoms with Crippen molar-refractivity contribution in [3.63, 3.8) is 0 Å². The van der Waals surface area contributed by atoms with Crippen molar-refractivity contribution in [2.45, 2.75) is 31.7 Å². The third kappa shape index (κ3) is 2.72. The van der Waals surface area contributed by atoms with Gasteiger partial charge in [-0.25, -0.2) is 4.39 Å². The molecule has 0 unspecified atom stereocenters. The fourth-order valence-electron chi connectivity index (χ4n) is 2.57. The van der Waals surface area contributed by atoms with Gasteiger partial charge < -0.3 is 10.1 Å². The van der Waals surface area contributed by atoms with Crippen LogP contribution >= 0.6 is 0 Å². The summed E-state index contributed by atoms with van der Waals surface area (Å²) in [6, 6.07) is 4.63. The van der Waals surface area contributed by atoms with E-state index in [0.29, 0.717) is 17.4 Å². The first-order valence-corrected chi connectivity index (χ1v) is 6.83. The summed E-state index contributed by atoms with van der Waals surface area (Å²) in [6.45, 7) is 0. The number of halogens is 1. The van der Waals surface area contributed by atoms with Gasteiger partial charge in [-0.1, -0.05) is 0 Å². The molecule has 0 spiro atoms. The van der Waals surface area contributed by atoms with E-state index in [-0.39, 0.29) is 17.7 Å². The summed E-state index contributed by atoms with van der Waals surface area (Å²) < 4.78 is 18.4. The maximum atomic E-state index is 13.6. The molecule has 4 heteroatoms. The molecular formula is C15H18FNO2. The largest absolute Gasteiger partial charge is 0.494 e. The number of hydrogen-bond acceptors (Lipinski definition) is 2. The second kappa shape index (κ2) is 4.83. The molecule has 2 aliphatic carbocycles. The van der Waals surface area contributed by atoms with Gasteiger partial charge in [0.15, 0.2) is 11.6 Å². The lowest BCUT2D eigenvalue weighted by molar-refractivity contribution is 0.0926. The van der Waals surface area contributed by atoms with Crippen molar-refractivity contribution in [2.75, 3.05) is 7.11 Å². The second-order valence-corrected chi connectivity index (χ2v) is 5.52. The Morgan fingerprint density at radius 2 is 1.95 bits per heavy atom. The molecule has 0 bridgehead atoms. The molecule has 102 valence electrons. The number of nitrogens with one attached hydrogen (secondary N) is 1. The molecule has 0 atom stereocenters. The Kier molecular flexibility index (Phi) is 3.17. The molecule has 1 N–H and O–H groups in total. The number of carbonyl (C=O) groups is 1. The molecule has 2 fully saturated rings. The van der Waals surface area contributed by atoms with E-state index in [0.717, 1.165) is 0 Å². The summed E-state index contributed by atoms with van der Waals surface area (Å²) in [4.78, 5) is 12.2. The van der Waals surface area contributed by atoms with Gasteiger partial charge in [0, 0.05) is 11.6 Å². The minimum atomic E-state index is -0.496. The van der Waals surface area contributed by atoms with Gasteiger partial charge in [0.05, 0.1) is 7.11 Å². The molecule has 1 aromatic rings. The summed E-state index contributed by atoms with van der Waals surface area (Å²) in [7, 11) is 1.41. The Hall–Kier alpha value is -1.58. The number of benzene rings is 1. The topological polar surface area (TPSA) is 38.3 Å². The van der Waals surface area contributed by atoms with Crippen molar-refractivity contribution >= 4 is 5.91 Å². The SMILES string of the molecule is COc1ccc(C(=O)NC(C2CC2)C2CC2)cc1F. The number of carbonyl (C=O) groups excluding carboxylic acids is 1. The Morgan fingerprint density at radius 3 is 2.42 bits per heavy atom. The van der Waals surface area contributed by atoms with Gasteiger partial charge in [0.25, 0.3) is 5.91 Å². The van der Waals surface area contributed by atoms with Gasteiger partial charge in [-0.3, -0.25) is 4.79 Å². The predicted octanol–water partition coefficient (Wildman–Crippen LogP) is 2.75. The first-order chi connectivity index (χ1) is 9.19. The molecule has 19 heavy (non-hydrogen) atoms. The van der Waals surface area contributed by atoms with Gasteiger partial charge in [0.1, 0.15) is 0 Å². The third-order valence-electron chi connectivity index (χ3n) is 3.97. The molecule has 0 heterocycles. The van der Waals surface area contributed by atoms with Crippen LogP contribution < -0.4 is 10.1 Å². The highest BCUT2D eigenvalue weighted by Crippen LogP contribution is 2.44. The molecule has 1 amide bonds. The van der Waals surface area contributed by atoms with Crippen LogP contribution in [0.1, 0.15) is 36.0 Å². The predicted molar refractivity (Wildman–Crippen MR) is 69.7 cm³/mol. The van der Waals surface area contributed by atoms with Crippen LogP contribution in [0.25, 0.3) is 0 Å². The van der Waals surface area contributed by atoms with Crippen LogP contribution in [0, 0.1) is 17.7 Å². The van der Waals surface area contributed by atoms with Gasteiger partial charge >= 0.3 is 0 Å². The zero-order valence-corrected chi connectivity index (χ0v) is 11.0. The second-order valence-electron chi connectivity index (χ2n) is 5.52. The zero-order valence-electron chi connectivity index (χ0n) is 11.0. The van der Waals surface area contributed by atoms with Crippen molar-refractivity contribution in [1.29, 1.82) is 0 Å². The van der Waals surface area contributed by atoms with E-state index in [4.69, 9.17) is 4.74 Å². The van der Waals surface area contributed by atoms with Crippen LogP contribution in [-0.4, -0.2) is 19.1 Å². The van der Waals surface area contributed by atoms with Crippen LogP contribution in [0.5, 0.6) is 5.75 Å². The maximum Gasteiger partial charge on any atom is 0.251 e. The lowest BCUT2D eigenvalue weighted by Crippen LogP contribution is -2.38. The van der Waals surface area contributed by atoms with E-state index in [1.807, 2.05) is 0 Å². The van der Waals surface area contributed by atoms with Crippen LogP contribution in [0.2, 0.25) is 0 Å². The molecule has 0 saturated heterocycles. The summed E-state index contributed by atoms with van der Waals surface area (Å²) in [6.07, 6.45) is 4.83. The van der Waals surface area contributed by atoms with Crippen LogP contribution in [0.4, 0.5) is 4.39 Å². The lowest BCUT2D eigenvalue weighted by Gasteiger charge is -2.17. The number of methoxy groups -OCH3 is 1. The van der Waals surface area contributed by atoms with Gasteiger partial charge in [-0.15, -0.1) is 0 Å². The minimum absolute atomic E-state index is 0.164. The first kappa shape index (κ1) is 12.5. The Labute approximate surface area is 112 Å². The molecular weight excluding hydrogens is 245 g/mol. The number of amides is 1. The van der Waals surface area contributed by atoms with Crippen LogP contribution in [0.3, 0.4) is 0 Å². The van der Waals surface area contributed by atoms with E-state index in [1.165, 1.54) is 44.9 Å². The number of rotatable bonds is 5. The molecule has 2 aliphatic rings. The summed E-state index contributed by atoms with van der Waals surface area (Å²) >= 11 is 0. The van der Waals surface area contributed by atoms with E-state index in [9.17, 15) is 9.18 Å². The van der Waals surface area contributed by atoms with Crippen LogP contribution in [0.15, 0.2) is 18.2 Å². The van der Waals surface area contributed by atoms with Crippen molar-refractivity contribution in [3.8, 4) is 5.75 Å². The normalized spacial score (nSPS) is 18.5. The minimum Gasteiger partial charge on any atom is -0.494 e. The van der Waals surface area contributed by atoms with Crippen molar-refractivity contribution in [2.24, 2.45) is 11.8 Å². The monoisotopic (exact) mass is 263 g/mol. The van der Waals surface area contributed by atoms with Crippen molar-refractivity contribution in [1.82, 2.24) is 5.32 Å². The Balaban J connectivity index is 1.70. The van der Waals surface area contributed by atoms with E-state index >= 15 is 0 Å². The average Bonchev–Trinajstić information content (AvgIpc) is 3.29. The zero-order chi connectivity index (χ0) is 13.4. The standard InChI is InChI=1S/C15H18FNO2/c1-19-13-7-6-11(8-12(13)16)15(18)17-14(9-2-3-9)10-4-5-10/h6-10,14H,2-5H2,1H3,(H,17,18). The smallest absolute Gasteiger partial charge is 0.251 e. The average molecular weight is 263 g/mol. The Bertz CT molecular complexity index is 483. The van der Waals surface area contributed by atoms with Gasteiger partial charge in [-0.2, -0.15) is 0 Å². The summed E-state index contributed by atoms with van der Waals surface area (Å²) in [5, 5.41) is 3.08.